The van der Waals surface area contributed by atoms with E-state index in [0.717, 1.165) is 41.2 Å². The van der Waals surface area contributed by atoms with E-state index in [1.807, 2.05) is 6.08 Å². The first-order valence-electron chi connectivity index (χ1n) is 14.9. The van der Waals surface area contributed by atoms with E-state index in [9.17, 15) is 18.3 Å². The van der Waals surface area contributed by atoms with E-state index in [2.05, 4.69) is 46.0 Å². The van der Waals surface area contributed by atoms with Crippen LogP contribution in [0.4, 0.5) is 13.2 Å². The number of alkyl halides is 3. The molecule has 1 radical (unpaired) electrons. The Morgan fingerprint density at radius 3 is 2.15 bits per heavy atom. The third-order valence-corrected chi connectivity index (χ3v) is 10.1. The maximum Gasteiger partial charge on any atom is 0.416 e. The molecule has 0 spiro atoms. The molecule has 0 aliphatic heterocycles. The molecule has 4 bridgehead atoms. The van der Waals surface area contributed by atoms with Gasteiger partial charge < -0.3 is 9.53 Å². The third-order valence-electron chi connectivity index (χ3n) is 9.44. The molecule has 4 aliphatic rings. The Morgan fingerprint density at radius 2 is 1.62 bits per heavy atom. The van der Waals surface area contributed by atoms with Gasteiger partial charge in [0.1, 0.15) is 5.75 Å². The van der Waals surface area contributed by atoms with Gasteiger partial charge in [0.25, 0.3) is 9.04 Å². The lowest BCUT2D eigenvalue weighted by molar-refractivity contribution is -0.137. The minimum absolute atomic E-state index is 0.0779. The molecule has 0 saturated heterocycles. The standard InChI is InChI=1S/C34H44F3O2Si/c1-32(2,3)30-29(33-18-22-14-23(19-33)16-24(15-22)20-33)13-12-25(31(30)39-40(4)5)8-6-10-27(21-38)26-9-7-11-28(17-26)34(35,36)37/h7,9-13,17,22-24,38H,6,8,14-16,18-21H2,1-5H3. The molecule has 217 valence electrons. The molecular weight excluding hydrogens is 525 g/mol. The van der Waals surface area contributed by atoms with Crippen LogP contribution in [0.15, 0.2) is 42.5 Å². The molecule has 2 aromatic carbocycles. The van der Waals surface area contributed by atoms with Crippen LogP contribution in [0.1, 0.15) is 93.5 Å². The van der Waals surface area contributed by atoms with E-state index in [0.29, 0.717) is 24.0 Å². The minimum Gasteiger partial charge on any atom is -0.542 e. The summed E-state index contributed by atoms with van der Waals surface area (Å²) in [6, 6.07) is 9.88. The van der Waals surface area contributed by atoms with Crippen LogP contribution >= 0.6 is 0 Å². The maximum absolute atomic E-state index is 13.3. The summed E-state index contributed by atoms with van der Waals surface area (Å²) in [5, 5.41) is 10.0. The van der Waals surface area contributed by atoms with Crippen LogP contribution in [-0.2, 0) is 23.4 Å². The largest absolute Gasteiger partial charge is 0.542 e. The number of aryl methyl sites for hydroxylation is 1. The fourth-order valence-corrected chi connectivity index (χ4v) is 8.98. The molecule has 0 unspecified atom stereocenters. The first kappa shape index (κ1) is 29.4. The fraction of sp³-hybridized carbons (Fsp3) is 0.588. The second-order valence-electron chi connectivity index (χ2n) is 13.9. The van der Waals surface area contributed by atoms with Crippen molar-refractivity contribution in [3.05, 3.63) is 70.3 Å². The molecule has 6 rings (SSSR count). The summed E-state index contributed by atoms with van der Waals surface area (Å²) in [6.45, 7) is 11.0. The highest BCUT2D eigenvalue weighted by Crippen LogP contribution is 2.62. The van der Waals surface area contributed by atoms with Gasteiger partial charge in [0.05, 0.1) is 12.2 Å². The van der Waals surface area contributed by atoms with E-state index < -0.39 is 20.8 Å². The van der Waals surface area contributed by atoms with Crippen molar-refractivity contribution in [3.8, 4) is 5.75 Å². The summed E-state index contributed by atoms with van der Waals surface area (Å²) in [7, 11) is -1.03. The summed E-state index contributed by atoms with van der Waals surface area (Å²) in [6.07, 6.45) is 6.92. The van der Waals surface area contributed by atoms with Gasteiger partial charge in [-0.15, -0.1) is 0 Å². The molecule has 0 amide bonds. The number of hydrogen-bond acceptors (Lipinski definition) is 2. The van der Waals surface area contributed by atoms with E-state index in [4.69, 9.17) is 4.43 Å². The normalized spacial score (nSPS) is 26.6. The highest BCUT2D eigenvalue weighted by atomic mass is 28.3. The van der Waals surface area contributed by atoms with Gasteiger partial charge in [-0.1, -0.05) is 51.1 Å². The van der Waals surface area contributed by atoms with Crippen molar-refractivity contribution in [1.29, 1.82) is 0 Å². The highest BCUT2D eigenvalue weighted by Gasteiger charge is 2.53. The number of aliphatic hydroxyl groups is 1. The number of allylic oxidation sites excluding steroid dienone is 1. The molecule has 0 aromatic heterocycles. The second-order valence-corrected chi connectivity index (χ2v) is 16.0. The fourth-order valence-electron chi connectivity index (χ4n) is 8.34. The number of rotatable bonds is 8. The van der Waals surface area contributed by atoms with Gasteiger partial charge >= 0.3 is 6.18 Å². The summed E-state index contributed by atoms with van der Waals surface area (Å²) in [5.74, 6) is 3.62. The Bertz CT molecular complexity index is 1220. The monoisotopic (exact) mass is 569 g/mol. The summed E-state index contributed by atoms with van der Waals surface area (Å²) >= 11 is 0. The maximum atomic E-state index is 13.3. The molecule has 2 nitrogen and oxygen atoms in total. The van der Waals surface area contributed by atoms with Crippen LogP contribution in [0.2, 0.25) is 13.1 Å². The molecule has 0 heterocycles. The van der Waals surface area contributed by atoms with Crippen LogP contribution in [0.5, 0.6) is 5.75 Å². The number of benzene rings is 2. The second kappa shape index (κ2) is 11.0. The van der Waals surface area contributed by atoms with E-state index in [1.165, 1.54) is 55.7 Å². The van der Waals surface area contributed by atoms with Gasteiger partial charge in [0.2, 0.25) is 0 Å². The molecule has 1 N–H and O–H groups in total. The molecule has 0 atom stereocenters. The number of halogens is 3. The van der Waals surface area contributed by atoms with Crippen molar-refractivity contribution in [2.75, 3.05) is 6.61 Å². The van der Waals surface area contributed by atoms with Crippen LogP contribution in [0.3, 0.4) is 0 Å². The van der Waals surface area contributed by atoms with Gasteiger partial charge in [0.15, 0.2) is 0 Å². The lowest BCUT2D eigenvalue weighted by atomic mass is 9.47. The molecule has 6 heteroatoms. The van der Waals surface area contributed by atoms with Crippen molar-refractivity contribution in [3.63, 3.8) is 0 Å². The minimum atomic E-state index is -4.41. The van der Waals surface area contributed by atoms with Gasteiger partial charge in [-0.05, 0) is 127 Å². The Kier molecular flexibility index (Phi) is 8.08. The van der Waals surface area contributed by atoms with Gasteiger partial charge in [0, 0.05) is 5.56 Å². The molecule has 2 aromatic rings. The zero-order valence-corrected chi connectivity index (χ0v) is 25.6. The Hall–Kier alpha value is -2.05. The zero-order chi connectivity index (χ0) is 28.9. The van der Waals surface area contributed by atoms with Crippen molar-refractivity contribution >= 4 is 14.6 Å². The molecule has 4 fully saturated rings. The topological polar surface area (TPSA) is 29.5 Å². The average Bonchev–Trinajstić information content (AvgIpc) is 2.85. The Labute approximate surface area is 239 Å². The quantitative estimate of drug-likeness (QED) is 0.321. The van der Waals surface area contributed by atoms with Crippen molar-refractivity contribution in [1.82, 2.24) is 0 Å². The van der Waals surface area contributed by atoms with Crippen LogP contribution in [-0.4, -0.2) is 20.8 Å². The van der Waals surface area contributed by atoms with E-state index >= 15 is 0 Å². The smallest absolute Gasteiger partial charge is 0.416 e. The van der Waals surface area contributed by atoms with Crippen LogP contribution in [0, 0.1) is 17.8 Å². The van der Waals surface area contributed by atoms with Crippen molar-refractivity contribution in [2.24, 2.45) is 17.8 Å². The summed E-state index contributed by atoms with van der Waals surface area (Å²) in [4.78, 5) is 0. The average molecular weight is 570 g/mol. The van der Waals surface area contributed by atoms with E-state index in [-0.39, 0.29) is 17.4 Å². The lowest BCUT2D eigenvalue weighted by Crippen LogP contribution is -2.49. The predicted molar refractivity (Wildman–Crippen MR) is 158 cm³/mol. The summed E-state index contributed by atoms with van der Waals surface area (Å²) < 4.78 is 46.5. The lowest BCUT2D eigenvalue weighted by Gasteiger charge is -2.58. The summed E-state index contributed by atoms with van der Waals surface area (Å²) in [5.41, 5.74) is 4.44. The Balaban J connectivity index is 1.49. The SMILES string of the molecule is C[Si](C)Oc1c(CCC=C(CO)c2cccc(C(F)(F)F)c2)ccc(C23CC4CC(CC(C4)C2)C3)c1C(C)(C)C. The first-order valence-corrected chi connectivity index (χ1v) is 17.3. The molecule has 40 heavy (non-hydrogen) atoms. The number of hydrogen-bond donors (Lipinski definition) is 1. The third kappa shape index (κ3) is 5.94. The van der Waals surface area contributed by atoms with Crippen LogP contribution < -0.4 is 4.43 Å². The van der Waals surface area contributed by atoms with Gasteiger partial charge in [-0.25, -0.2) is 0 Å². The molecule has 4 saturated carbocycles. The first-order chi connectivity index (χ1) is 18.8. The van der Waals surface area contributed by atoms with Crippen molar-refractivity contribution < 1.29 is 22.7 Å². The Morgan fingerprint density at radius 1 is 1.00 bits per heavy atom. The molecule has 4 aliphatic carbocycles. The van der Waals surface area contributed by atoms with Crippen molar-refractivity contribution in [2.45, 2.75) is 102 Å². The number of aliphatic hydroxyl groups excluding tert-OH is 1. The zero-order valence-electron chi connectivity index (χ0n) is 24.6. The highest BCUT2D eigenvalue weighted by molar-refractivity contribution is 6.49. The van der Waals surface area contributed by atoms with Gasteiger partial charge in [-0.2, -0.15) is 13.2 Å². The van der Waals surface area contributed by atoms with Gasteiger partial charge in [-0.3, -0.25) is 0 Å². The molecular formula is C34H44F3O2Si. The van der Waals surface area contributed by atoms with Crippen LogP contribution in [0.25, 0.3) is 5.57 Å². The predicted octanol–water partition coefficient (Wildman–Crippen LogP) is 9.11. The van der Waals surface area contributed by atoms with E-state index in [1.54, 1.807) is 6.07 Å².